The summed E-state index contributed by atoms with van der Waals surface area (Å²) < 4.78 is 4.03. The smallest absolute Gasteiger partial charge is 0.134 e. The van der Waals surface area contributed by atoms with Gasteiger partial charge >= 0.3 is 0 Å². The van der Waals surface area contributed by atoms with Crippen LogP contribution in [0.2, 0.25) is 0 Å². The van der Waals surface area contributed by atoms with Crippen LogP contribution in [-0.4, -0.2) is 33.1 Å². The Morgan fingerprint density at radius 2 is 2.31 bits per heavy atom. The van der Waals surface area contributed by atoms with Crippen LogP contribution in [0.3, 0.4) is 0 Å². The Hall–Kier alpha value is -0.680. The zero-order valence-electron chi connectivity index (χ0n) is 10.3. The van der Waals surface area contributed by atoms with Crippen LogP contribution in [0.25, 0.3) is 0 Å². The van der Waals surface area contributed by atoms with Gasteiger partial charge in [-0.25, -0.2) is 0 Å². The van der Waals surface area contributed by atoms with Crippen LogP contribution in [0.4, 0.5) is 5.00 Å². The maximum atomic E-state index is 4.23. The van der Waals surface area contributed by atoms with E-state index < -0.39 is 0 Å². The highest BCUT2D eigenvalue weighted by molar-refractivity contribution is 7.10. The molecular formula is C11H20N4S. The Balaban J connectivity index is 2.06. The highest BCUT2D eigenvalue weighted by Crippen LogP contribution is 2.31. The van der Waals surface area contributed by atoms with Crippen molar-refractivity contribution in [2.24, 2.45) is 0 Å². The first kappa shape index (κ1) is 11.8. The van der Waals surface area contributed by atoms with Crippen LogP contribution >= 0.6 is 11.5 Å². The number of hydrogen-bond donors (Lipinski definition) is 1. The normalized spacial score (nSPS) is 20.2. The van der Waals surface area contributed by atoms with Crippen LogP contribution in [0.15, 0.2) is 0 Å². The average Bonchev–Trinajstić information content (AvgIpc) is 2.77. The Bertz CT molecular complexity index is 348. The van der Waals surface area contributed by atoms with E-state index >= 15 is 0 Å². The zero-order chi connectivity index (χ0) is 11.6. The number of nitrogens with one attached hydrogen (secondary N) is 1. The molecule has 2 rings (SSSR count). The molecular weight excluding hydrogens is 220 g/mol. The molecule has 0 aromatic carbocycles. The minimum Gasteiger partial charge on any atom is -0.374 e. The third kappa shape index (κ3) is 2.35. The predicted molar refractivity (Wildman–Crippen MR) is 67.8 cm³/mol. The molecule has 5 heteroatoms. The van der Waals surface area contributed by atoms with Gasteiger partial charge in [-0.05, 0) is 40.2 Å². The average molecular weight is 240 g/mol. The van der Waals surface area contributed by atoms with Crippen LogP contribution in [0.5, 0.6) is 0 Å². The third-order valence-corrected chi connectivity index (χ3v) is 4.03. The summed E-state index contributed by atoms with van der Waals surface area (Å²) in [6.07, 6.45) is 2.57. The second-order valence-electron chi connectivity index (χ2n) is 4.92. The van der Waals surface area contributed by atoms with Crippen molar-refractivity contribution < 1.29 is 0 Å². The first-order chi connectivity index (χ1) is 7.63. The number of anilines is 1. The van der Waals surface area contributed by atoms with Crippen LogP contribution in [-0.2, 0) is 6.54 Å². The summed E-state index contributed by atoms with van der Waals surface area (Å²) in [6.45, 7) is 9.75. The maximum absolute atomic E-state index is 4.23. The van der Waals surface area contributed by atoms with E-state index in [4.69, 9.17) is 0 Å². The summed E-state index contributed by atoms with van der Waals surface area (Å²) in [5.74, 6) is 0. The van der Waals surface area contributed by atoms with Gasteiger partial charge in [0.15, 0.2) is 0 Å². The molecule has 1 aromatic rings. The van der Waals surface area contributed by atoms with Gasteiger partial charge in [0.1, 0.15) is 10.7 Å². The van der Waals surface area contributed by atoms with E-state index in [1.54, 1.807) is 0 Å². The molecule has 0 radical (unpaired) electrons. The van der Waals surface area contributed by atoms with Crippen molar-refractivity contribution in [1.29, 1.82) is 0 Å². The van der Waals surface area contributed by atoms with Crippen molar-refractivity contribution in [3.63, 3.8) is 0 Å². The predicted octanol–water partition coefficient (Wildman–Crippen LogP) is 2.34. The molecule has 4 nitrogen and oxygen atoms in total. The molecule has 90 valence electrons. The van der Waals surface area contributed by atoms with E-state index in [9.17, 15) is 0 Å². The number of aromatic nitrogens is 2. The Morgan fingerprint density at radius 3 is 2.94 bits per heavy atom. The summed E-state index contributed by atoms with van der Waals surface area (Å²) in [4.78, 5) is 2.50. The first-order valence-corrected chi connectivity index (χ1v) is 6.71. The lowest BCUT2D eigenvalue weighted by Gasteiger charge is -2.30. The fourth-order valence-electron chi connectivity index (χ4n) is 2.24. The van der Waals surface area contributed by atoms with E-state index in [-0.39, 0.29) is 0 Å². The molecule has 0 atom stereocenters. The minimum absolute atomic E-state index is 0.313. The Labute approximate surface area is 101 Å². The summed E-state index contributed by atoms with van der Waals surface area (Å²) in [7, 11) is 0. The Morgan fingerprint density at radius 1 is 1.50 bits per heavy atom. The molecule has 0 bridgehead atoms. The number of nitrogens with zero attached hydrogens (tertiary/aromatic N) is 3. The van der Waals surface area contributed by atoms with Crippen LogP contribution in [0.1, 0.15) is 39.3 Å². The fraction of sp³-hybridized carbons (Fsp3) is 0.818. The topological polar surface area (TPSA) is 41.1 Å². The standard InChI is InChI=1S/C11H20N4S/c1-4-12-10-9(13-14-16-10)8-15-7-5-6-11(15,2)3/h12H,4-8H2,1-3H3. The van der Waals surface area contributed by atoms with Crippen molar-refractivity contribution in [3.8, 4) is 0 Å². The summed E-state index contributed by atoms with van der Waals surface area (Å²) in [5.41, 5.74) is 1.41. The lowest BCUT2D eigenvalue weighted by atomic mass is 10.0. The lowest BCUT2D eigenvalue weighted by Crippen LogP contribution is -2.37. The Kier molecular flexibility index (Phi) is 3.44. The molecule has 1 saturated heterocycles. The van der Waals surface area contributed by atoms with Gasteiger partial charge in [-0.2, -0.15) is 0 Å². The minimum atomic E-state index is 0.313. The highest BCUT2D eigenvalue weighted by Gasteiger charge is 2.32. The van der Waals surface area contributed by atoms with E-state index in [1.165, 1.54) is 30.9 Å². The summed E-state index contributed by atoms with van der Waals surface area (Å²) in [6, 6.07) is 0. The van der Waals surface area contributed by atoms with E-state index in [2.05, 4.69) is 40.6 Å². The third-order valence-electron chi connectivity index (χ3n) is 3.31. The summed E-state index contributed by atoms with van der Waals surface area (Å²) in [5, 5.41) is 8.68. The highest BCUT2D eigenvalue weighted by atomic mass is 32.1. The van der Waals surface area contributed by atoms with Gasteiger partial charge in [-0.15, -0.1) is 5.10 Å². The zero-order valence-corrected chi connectivity index (χ0v) is 11.1. The van der Waals surface area contributed by atoms with Crippen LogP contribution < -0.4 is 5.32 Å². The van der Waals surface area contributed by atoms with Gasteiger partial charge in [-0.1, -0.05) is 4.49 Å². The van der Waals surface area contributed by atoms with Gasteiger partial charge in [0, 0.05) is 30.2 Å². The molecule has 1 N–H and O–H groups in total. The SMILES string of the molecule is CCNc1snnc1CN1CCCC1(C)C. The second kappa shape index (κ2) is 4.67. The van der Waals surface area contributed by atoms with Gasteiger partial charge in [0.25, 0.3) is 0 Å². The van der Waals surface area contributed by atoms with Gasteiger partial charge in [0.05, 0.1) is 0 Å². The molecule has 0 saturated carbocycles. The van der Waals surface area contributed by atoms with Gasteiger partial charge in [-0.3, -0.25) is 4.90 Å². The molecule has 1 aliphatic heterocycles. The molecule has 0 aliphatic carbocycles. The number of likely N-dealkylation sites (tertiary alicyclic amines) is 1. The van der Waals surface area contributed by atoms with E-state index in [1.807, 2.05) is 0 Å². The van der Waals surface area contributed by atoms with E-state index in [0.717, 1.165) is 23.8 Å². The van der Waals surface area contributed by atoms with Gasteiger partial charge < -0.3 is 5.32 Å². The number of hydrogen-bond acceptors (Lipinski definition) is 5. The largest absolute Gasteiger partial charge is 0.374 e. The quantitative estimate of drug-likeness (QED) is 0.877. The monoisotopic (exact) mass is 240 g/mol. The lowest BCUT2D eigenvalue weighted by molar-refractivity contribution is 0.165. The van der Waals surface area contributed by atoms with Crippen molar-refractivity contribution in [1.82, 2.24) is 14.5 Å². The molecule has 1 fully saturated rings. The molecule has 0 amide bonds. The molecule has 16 heavy (non-hydrogen) atoms. The van der Waals surface area contributed by atoms with Crippen molar-refractivity contribution >= 4 is 16.5 Å². The number of rotatable bonds is 4. The van der Waals surface area contributed by atoms with Crippen molar-refractivity contribution in [2.75, 3.05) is 18.4 Å². The maximum Gasteiger partial charge on any atom is 0.134 e. The summed E-state index contributed by atoms with van der Waals surface area (Å²) >= 11 is 1.46. The molecule has 0 spiro atoms. The molecule has 2 heterocycles. The van der Waals surface area contributed by atoms with Crippen molar-refractivity contribution in [2.45, 2.75) is 45.7 Å². The molecule has 1 aromatic heterocycles. The molecule has 0 unspecified atom stereocenters. The van der Waals surface area contributed by atoms with E-state index in [0.29, 0.717) is 5.54 Å². The van der Waals surface area contributed by atoms with Gasteiger partial charge in [0.2, 0.25) is 0 Å². The fourth-order valence-corrected chi connectivity index (χ4v) is 2.88. The molecule has 1 aliphatic rings. The van der Waals surface area contributed by atoms with Crippen molar-refractivity contribution in [3.05, 3.63) is 5.69 Å². The second-order valence-corrected chi connectivity index (χ2v) is 5.67. The van der Waals surface area contributed by atoms with Crippen LogP contribution in [0, 0.1) is 0 Å². The first-order valence-electron chi connectivity index (χ1n) is 5.93.